The summed E-state index contributed by atoms with van der Waals surface area (Å²) in [5, 5.41) is 12.6. The molecule has 168 valence electrons. The zero-order valence-corrected chi connectivity index (χ0v) is 19.7. The maximum atomic E-state index is 12.4. The molecular weight excluding hydrogens is 448 g/mol. The second-order valence-electron chi connectivity index (χ2n) is 6.98. The summed E-state index contributed by atoms with van der Waals surface area (Å²) in [6, 6.07) is 12.7. The molecule has 0 fully saturated rings. The number of nitrogens with zero attached hydrogens (tertiary/aromatic N) is 3. The molecule has 32 heavy (non-hydrogen) atoms. The Labute approximate surface area is 196 Å². The van der Waals surface area contributed by atoms with Gasteiger partial charge in [-0.3, -0.25) is 9.36 Å². The fourth-order valence-electron chi connectivity index (χ4n) is 2.92. The number of hydrogen-bond donors (Lipinski definition) is 1. The lowest BCUT2D eigenvalue weighted by Crippen LogP contribution is -2.15. The van der Waals surface area contributed by atoms with E-state index in [1.165, 1.54) is 11.8 Å². The average molecular weight is 473 g/mol. The molecule has 0 bridgehead atoms. The normalized spacial score (nSPS) is 11.6. The molecule has 1 N–H and O–H groups in total. The van der Waals surface area contributed by atoms with Crippen LogP contribution in [0.25, 0.3) is 0 Å². The third-order valence-corrected chi connectivity index (χ3v) is 5.95. The maximum Gasteiger partial charge on any atom is 0.234 e. The summed E-state index contributed by atoms with van der Waals surface area (Å²) >= 11 is 7.42. The van der Waals surface area contributed by atoms with Gasteiger partial charge in [0, 0.05) is 17.3 Å². The largest absolute Gasteiger partial charge is 0.497 e. The van der Waals surface area contributed by atoms with Crippen LogP contribution in [-0.2, 0) is 11.3 Å². The van der Waals surface area contributed by atoms with Crippen LogP contribution in [0.15, 0.2) is 60.3 Å². The topological polar surface area (TPSA) is 78.3 Å². The second kappa shape index (κ2) is 11.1. The van der Waals surface area contributed by atoms with Gasteiger partial charge in [-0.1, -0.05) is 35.5 Å². The number of methoxy groups -OCH3 is 1. The third kappa shape index (κ3) is 6.05. The van der Waals surface area contributed by atoms with Crippen molar-refractivity contribution in [1.82, 2.24) is 14.8 Å². The molecule has 1 aromatic heterocycles. The lowest BCUT2D eigenvalue weighted by Gasteiger charge is -2.16. The minimum atomic E-state index is -0.353. The van der Waals surface area contributed by atoms with Crippen LogP contribution in [0.4, 0.5) is 5.69 Å². The molecule has 3 rings (SSSR count). The van der Waals surface area contributed by atoms with Gasteiger partial charge in [0.2, 0.25) is 5.91 Å². The van der Waals surface area contributed by atoms with E-state index in [1.807, 2.05) is 54.8 Å². The summed E-state index contributed by atoms with van der Waals surface area (Å²) < 4.78 is 13.1. The molecule has 0 saturated heterocycles. The molecule has 0 saturated carbocycles. The molecule has 1 heterocycles. The number of ether oxygens (including phenoxy) is 2. The third-order valence-electron chi connectivity index (χ3n) is 4.58. The Balaban J connectivity index is 1.65. The highest BCUT2D eigenvalue weighted by molar-refractivity contribution is 7.99. The SMILES string of the molecule is C=CCn1c(SCC(=O)Nc2ccc(C)c(Cl)c2)nnc1C(C)Oc1ccc(OC)cc1. The van der Waals surface area contributed by atoms with Crippen LogP contribution in [0.1, 0.15) is 24.4 Å². The first-order valence-electron chi connectivity index (χ1n) is 9.94. The molecule has 1 amide bonds. The minimum Gasteiger partial charge on any atom is -0.497 e. The second-order valence-corrected chi connectivity index (χ2v) is 8.33. The molecular formula is C23H25ClN4O3S. The van der Waals surface area contributed by atoms with Gasteiger partial charge in [0.15, 0.2) is 17.1 Å². The molecule has 0 aliphatic carbocycles. The monoisotopic (exact) mass is 472 g/mol. The van der Waals surface area contributed by atoms with Crippen LogP contribution in [0.3, 0.4) is 0 Å². The predicted molar refractivity (Wildman–Crippen MR) is 128 cm³/mol. The first kappa shape index (κ1) is 23.7. The molecule has 9 heteroatoms. The van der Waals surface area contributed by atoms with E-state index in [9.17, 15) is 4.79 Å². The number of halogens is 1. The maximum absolute atomic E-state index is 12.4. The number of thioether (sulfide) groups is 1. The molecule has 7 nitrogen and oxygen atoms in total. The zero-order chi connectivity index (χ0) is 23.1. The Bertz CT molecular complexity index is 1090. The number of carbonyl (C=O) groups excluding carboxylic acids is 1. The van der Waals surface area contributed by atoms with E-state index < -0.39 is 0 Å². The number of allylic oxidation sites excluding steroid dienone is 1. The Kier molecular flexibility index (Phi) is 8.19. The Hall–Kier alpha value is -2.97. The Morgan fingerprint density at radius 2 is 1.97 bits per heavy atom. The first-order chi connectivity index (χ1) is 15.4. The van der Waals surface area contributed by atoms with Crippen LogP contribution < -0.4 is 14.8 Å². The predicted octanol–water partition coefficient (Wildman–Crippen LogP) is 5.31. The standard InChI is InChI=1S/C23H25ClN4O3S/c1-5-12-28-22(16(3)31-19-10-8-18(30-4)9-11-19)26-27-23(28)32-14-21(29)25-17-7-6-15(2)20(24)13-17/h5-11,13,16H,1,12,14H2,2-4H3,(H,25,29). The average Bonchev–Trinajstić information content (AvgIpc) is 3.18. The van der Waals surface area contributed by atoms with Gasteiger partial charge >= 0.3 is 0 Å². The van der Waals surface area contributed by atoms with E-state index in [2.05, 4.69) is 22.1 Å². The first-order valence-corrected chi connectivity index (χ1v) is 11.3. The number of benzene rings is 2. The van der Waals surface area contributed by atoms with Gasteiger partial charge in [-0.2, -0.15) is 0 Å². The smallest absolute Gasteiger partial charge is 0.234 e. The van der Waals surface area contributed by atoms with Crippen LogP contribution in [0.2, 0.25) is 5.02 Å². The summed E-state index contributed by atoms with van der Waals surface area (Å²) in [4.78, 5) is 12.4. The summed E-state index contributed by atoms with van der Waals surface area (Å²) in [6.45, 7) is 8.12. The summed E-state index contributed by atoms with van der Waals surface area (Å²) in [6.07, 6.45) is 1.40. The van der Waals surface area contributed by atoms with Crippen LogP contribution in [0.5, 0.6) is 11.5 Å². The van der Waals surface area contributed by atoms with Gasteiger partial charge in [-0.25, -0.2) is 0 Å². The lowest BCUT2D eigenvalue weighted by atomic mass is 10.2. The van der Waals surface area contributed by atoms with Crippen LogP contribution >= 0.6 is 23.4 Å². The van der Waals surface area contributed by atoms with Crippen molar-refractivity contribution in [1.29, 1.82) is 0 Å². The molecule has 1 atom stereocenters. The number of aryl methyl sites for hydroxylation is 1. The highest BCUT2D eigenvalue weighted by Crippen LogP contribution is 2.26. The zero-order valence-electron chi connectivity index (χ0n) is 18.2. The highest BCUT2D eigenvalue weighted by atomic mass is 35.5. The van der Waals surface area contributed by atoms with Crippen LogP contribution in [0, 0.1) is 6.92 Å². The van der Waals surface area contributed by atoms with Gasteiger partial charge in [0.05, 0.1) is 12.9 Å². The minimum absolute atomic E-state index is 0.160. The van der Waals surface area contributed by atoms with Gasteiger partial charge in [-0.05, 0) is 55.8 Å². The van der Waals surface area contributed by atoms with E-state index >= 15 is 0 Å². The van der Waals surface area contributed by atoms with Crippen LogP contribution in [-0.4, -0.2) is 33.5 Å². The molecule has 0 spiro atoms. The van der Waals surface area contributed by atoms with Gasteiger partial charge in [0.1, 0.15) is 11.5 Å². The van der Waals surface area contributed by atoms with E-state index in [0.29, 0.717) is 34.0 Å². The highest BCUT2D eigenvalue weighted by Gasteiger charge is 2.20. The lowest BCUT2D eigenvalue weighted by molar-refractivity contribution is -0.113. The van der Waals surface area contributed by atoms with Crippen molar-refractivity contribution < 1.29 is 14.3 Å². The fourth-order valence-corrected chi connectivity index (χ4v) is 3.85. The Morgan fingerprint density at radius 1 is 1.25 bits per heavy atom. The van der Waals surface area contributed by atoms with Gasteiger partial charge in [-0.15, -0.1) is 16.8 Å². The van der Waals surface area contributed by atoms with Gasteiger partial charge < -0.3 is 14.8 Å². The number of rotatable bonds is 10. The number of amides is 1. The van der Waals surface area contributed by atoms with E-state index in [1.54, 1.807) is 19.3 Å². The van der Waals surface area contributed by atoms with Gasteiger partial charge in [0.25, 0.3) is 0 Å². The van der Waals surface area contributed by atoms with Crippen molar-refractivity contribution in [3.05, 3.63) is 71.5 Å². The Morgan fingerprint density at radius 3 is 2.62 bits per heavy atom. The number of anilines is 1. The molecule has 1 unspecified atom stereocenters. The van der Waals surface area contributed by atoms with E-state index in [-0.39, 0.29) is 17.8 Å². The molecule has 2 aromatic carbocycles. The number of carbonyl (C=O) groups is 1. The number of hydrogen-bond acceptors (Lipinski definition) is 6. The number of nitrogens with one attached hydrogen (secondary N) is 1. The van der Waals surface area contributed by atoms with Crippen molar-refractivity contribution in [3.63, 3.8) is 0 Å². The fraction of sp³-hybridized carbons (Fsp3) is 0.261. The summed E-state index contributed by atoms with van der Waals surface area (Å²) in [5.41, 5.74) is 1.61. The van der Waals surface area contributed by atoms with E-state index in [4.69, 9.17) is 21.1 Å². The summed E-state index contributed by atoms with van der Waals surface area (Å²) in [5.74, 6) is 2.11. The van der Waals surface area contributed by atoms with Crippen molar-refractivity contribution in [2.24, 2.45) is 0 Å². The molecule has 0 aliphatic heterocycles. The van der Waals surface area contributed by atoms with Crippen molar-refractivity contribution in [3.8, 4) is 11.5 Å². The van der Waals surface area contributed by atoms with E-state index in [0.717, 1.165) is 11.3 Å². The number of aromatic nitrogens is 3. The van der Waals surface area contributed by atoms with Crippen molar-refractivity contribution >= 4 is 35.0 Å². The van der Waals surface area contributed by atoms with Crippen molar-refractivity contribution in [2.45, 2.75) is 31.7 Å². The van der Waals surface area contributed by atoms with Crippen molar-refractivity contribution in [2.75, 3.05) is 18.2 Å². The molecule has 3 aromatic rings. The quantitative estimate of drug-likeness (QED) is 0.318. The summed E-state index contributed by atoms with van der Waals surface area (Å²) in [7, 11) is 1.62. The molecule has 0 aliphatic rings. The molecule has 0 radical (unpaired) electrons.